The second-order valence-electron chi connectivity index (χ2n) is 8.29. The number of hydrogen-bond acceptors (Lipinski definition) is 2. The third-order valence-electron chi connectivity index (χ3n) is 6.38. The lowest BCUT2D eigenvalue weighted by atomic mass is 9.75. The zero-order valence-electron chi connectivity index (χ0n) is 17.6. The fourth-order valence-corrected chi connectivity index (χ4v) is 4.73. The SMILES string of the molecule is COC1(C)c2ccc(-c3cccc(-c4ccc(F)cc4)c3)cc2CCC1N(C)C. The van der Waals surface area contributed by atoms with E-state index in [-0.39, 0.29) is 11.4 Å². The van der Waals surface area contributed by atoms with E-state index in [2.05, 4.69) is 68.4 Å². The van der Waals surface area contributed by atoms with Gasteiger partial charge in [0, 0.05) is 13.2 Å². The number of likely N-dealkylation sites (N-methyl/N-ethyl adjacent to an activating group) is 1. The van der Waals surface area contributed by atoms with Crippen LogP contribution >= 0.6 is 0 Å². The van der Waals surface area contributed by atoms with Gasteiger partial charge in [-0.05, 0) is 85.4 Å². The molecular weight excluding hydrogens is 361 g/mol. The Morgan fingerprint density at radius 1 is 0.897 bits per heavy atom. The van der Waals surface area contributed by atoms with Crippen LogP contribution in [-0.2, 0) is 16.8 Å². The zero-order valence-corrected chi connectivity index (χ0v) is 17.6. The van der Waals surface area contributed by atoms with Crippen molar-refractivity contribution in [3.63, 3.8) is 0 Å². The minimum absolute atomic E-state index is 0.211. The number of methoxy groups -OCH3 is 1. The van der Waals surface area contributed by atoms with Gasteiger partial charge in [-0.3, -0.25) is 0 Å². The van der Waals surface area contributed by atoms with Gasteiger partial charge < -0.3 is 9.64 Å². The topological polar surface area (TPSA) is 12.5 Å². The highest BCUT2D eigenvalue weighted by Gasteiger charge is 2.41. The monoisotopic (exact) mass is 389 g/mol. The molecule has 1 aliphatic rings. The number of halogens is 1. The fourth-order valence-electron chi connectivity index (χ4n) is 4.73. The smallest absolute Gasteiger partial charge is 0.123 e. The van der Waals surface area contributed by atoms with E-state index in [1.54, 1.807) is 0 Å². The Kier molecular flexibility index (Phi) is 5.28. The number of fused-ring (bicyclic) bond motifs is 1. The molecule has 4 rings (SSSR count). The number of aryl methyl sites for hydroxylation is 1. The van der Waals surface area contributed by atoms with Gasteiger partial charge in [-0.15, -0.1) is 0 Å². The van der Waals surface area contributed by atoms with Crippen LogP contribution in [0.15, 0.2) is 66.7 Å². The molecule has 1 aliphatic carbocycles. The molecule has 150 valence electrons. The van der Waals surface area contributed by atoms with E-state index in [9.17, 15) is 4.39 Å². The molecule has 0 saturated carbocycles. The molecule has 0 radical (unpaired) electrons. The summed E-state index contributed by atoms with van der Waals surface area (Å²) >= 11 is 0. The fraction of sp³-hybridized carbons (Fsp3) is 0.308. The molecule has 0 aliphatic heterocycles. The molecule has 3 aromatic carbocycles. The van der Waals surface area contributed by atoms with E-state index < -0.39 is 0 Å². The molecule has 0 fully saturated rings. The van der Waals surface area contributed by atoms with Crippen LogP contribution in [0.3, 0.4) is 0 Å². The van der Waals surface area contributed by atoms with Crippen LogP contribution in [0.2, 0.25) is 0 Å². The molecular formula is C26H28FNO. The molecule has 0 spiro atoms. The molecule has 0 aromatic heterocycles. The van der Waals surface area contributed by atoms with Gasteiger partial charge in [0.1, 0.15) is 11.4 Å². The van der Waals surface area contributed by atoms with Crippen molar-refractivity contribution in [1.82, 2.24) is 4.90 Å². The van der Waals surface area contributed by atoms with Gasteiger partial charge >= 0.3 is 0 Å². The van der Waals surface area contributed by atoms with Crippen molar-refractivity contribution >= 4 is 0 Å². The first-order valence-corrected chi connectivity index (χ1v) is 10.1. The maximum Gasteiger partial charge on any atom is 0.123 e. The number of ether oxygens (including phenoxy) is 1. The maximum absolute atomic E-state index is 13.3. The first kappa shape index (κ1) is 19.8. The molecule has 2 nitrogen and oxygen atoms in total. The molecule has 3 aromatic rings. The van der Waals surface area contributed by atoms with E-state index in [0.717, 1.165) is 24.0 Å². The average molecular weight is 390 g/mol. The van der Waals surface area contributed by atoms with Gasteiger partial charge in [-0.2, -0.15) is 0 Å². The summed E-state index contributed by atoms with van der Waals surface area (Å²) in [6, 6.07) is 22.2. The molecule has 0 amide bonds. The minimum Gasteiger partial charge on any atom is -0.372 e. The van der Waals surface area contributed by atoms with Gasteiger partial charge in [0.25, 0.3) is 0 Å². The van der Waals surface area contributed by atoms with E-state index >= 15 is 0 Å². The van der Waals surface area contributed by atoms with Crippen LogP contribution in [0.25, 0.3) is 22.3 Å². The van der Waals surface area contributed by atoms with Crippen LogP contribution < -0.4 is 0 Å². The van der Waals surface area contributed by atoms with Crippen LogP contribution in [0, 0.1) is 5.82 Å². The highest BCUT2D eigenvalue weighted by molar-refractivity contribution is 5.73. The number of hydrogen-bond donors (Lipinski definition) is 0. The number of nitrogens with zero attached hydrogens (tertiary/aromatic N) is 1. The van der Waals surface area contributed by atoms with Gasteiger partial charge in [-0.25, -0.2) is 4.39 Å². The molecule has 0 heterocycles. The van der Waals surface area contributed by atoms with Crippen molar-refractivity contribution in [3.05, 3.63) is 83.7 Å². The van der Waals surface area contributed by atoms with Crippen molar-refractivity contribution in [1.29, 1.82) is 0 Å². The lowest BCUT2D eigenvalue weighted by molar-refractivity contribution is -0.0686. The summed E-state index contributed by atoms with van der Waals surface area (Å²) in [5.41, 5.74) is 6.81. The van der Waals surface area contributed by atoms with E-state index in [4.69, 9.17) is 4.74 Å². The Balaban J connectivity index is 1.72. The predicted octanol–water partition coefficient (Wildman–Crippen LogP) is 5.90. The highest BCUT2D eigenvalue weighted by Crippen LogP contribution is 2.41. The standard InChI is InChI=1S/C26H28FNO/c1-26(29-4)24-14-10-21(17-22(24)11-15-25(26)28(2)3)20-7-5-6-19(16-20)18-8-12-23(27)13-9-18/h5-10,12-14,16-17,25H,11,15H2,1-4H3. The number of rotatable bonds is 4. The Bertz CT molecular complexity index is 1010. The van der Waals surface area contributed by atoms with Gasteiger partial charge in [0.05, 0.1) is 0 Å². The van der Waals surface area contributed by atoms with Crippen molar-refractivity contribution in [3.8, 4) is 22.3 Å². The second-order valence-corrected chi connectivity index (χ2v) is 8.29. The van der Waals surface area contributed by atoms with Crippen LogP contribution in [-0.4, -0.2) is 32.1 Å². The second kappa shape index (κ2) is 7.74. The minimum atomic E-state index is -0.314. The maximum atomic E-state index is 13.3. The lowest BCUT2D eigenvalue weighted by Gasteiger charge is -2.45. The zero-order chi connectivity index (χ0) is 20.6. The van der Waals surface area contributed by atoms with E-state index in [1.165, 1.54) is 34.4 Å². The first-order valence-electron chi connectivity index (χ1n) is 10.1. The Morgan fingerprint density at radius 3 is 2.17 bits per heavy atom. The van der Waals surface area contributed by atoms with Crippen LogP contribution in [0.5, 0.6) is 0 Å². The summed E-state index contributed by atoms with van der Waals surface area (Å²) < 4.78 is 19.3. The third-order valence-corrected chi connectivity index (χ3v) is 6.38. The van der Waals surface area contributed by atoms with Crippen molar-refractivity contribution in [2.45, 2.75) is 31.4 Å². The van der Waals surface area contributed by atoms with Crippen molar-refractivity contribution in [2.24, 2.45) is 0 Å². The molecule has 0 saturated heterocycles. The molecule has 29 heavy (non-hydrogen) atoms. The first-order chi connectivity index (χ1) is 13.9. The number of benzene rings is 3. The predicted molar refractivity (Wildman–Crippen MR) is 117 cm³/mol. The summed E-state index contributed by atoms with van der Waals surface area (Å²) in [6.45, 7) is 2.20. The summed E-state index contributed by atoms with van der Waals surface area (Å²) in [7, 11) is 6.07. The normalized spacial score (nSPS) is 21.2. The van der Waals surface area contributed by atoms with Crippen LogP contribution in [0.1, 0.15) is 24.5 Å². The highest BCUT2D eigenvalue weighted by atomic mass is 19.1. The summed E-state index contributed by atoms with van der Waals surface area (Å²) in [4.78, 5) is 2.27. The van der Waals surface area contributed by atoms with Crippen molar-refractivity contribution < 1.29 is 9.13 Å². The quantitative estimate of drug-likeness (QED) is 0.551. The van der Waals surface area contributed by atoms with Crippen LogP contribution in [0.4, 0.5) is 4.39 Å². The molecule has 2 unspecified atom stereocenters. The van der Waals surface area contributed by atoms with E-state index in [0.29, 0.717) is 6.04 Å². The summed E-state index contributed by atoms with van der Waals surface area (Å²) in [6.07, 6.45) is 2.12. The molecule has 3 heteroatoms. The Morgan fingerprint density at radius 2 is 1.52 bits per heavy atom. The molecule has 2 atom stereocenters. The average Bonchev–Trinajstić information content (AvgIpc) is 2.74. The molecule has 0 N–H and O–H groups in total. The third kappa shape index (κ3) is 3.61. The Labute approximate surface area is 172 Å². The summed E-state index contributed by atoms with van der Waals surface area (Å²) in [5.74, 6) is -0.211. The van der Waals surface area contributed by atoms with Crippen molar-refractivity contribution in [2.75, 3.05) is 21.2 Å². The summed E-state index contributed by atoms with van der Waals surface area (Å²) in [5, 5.41) is 0. The van der Waals surface area contributed by atoms with Gasteiger partial charge in [0.15, 0.2) is 0 Å². The Hall–Kier alpha value is -2.49. The lowest BCUT2D eigenvalue weighted by Crippen LogP contribution is -2.50. The molecule has 0 bridgehead atoms. The van der Waals surface area contributed by atoms with Gasteiger partial charge in [0.2, 0.25) is 0 Å². The largest absolute Gasteiger partial charge is 0.372 e. The van der Waals surface area contributed by atoms with Gasteiger partial charge in [-0.1, -0.05) is 48.5 Å². The van der Waals surface area contributed by atoms with E-state index in [1.807, 2.05) is 19.2 Å².